The number of carboxylic acids is 1. The van der Waals surface area contributed by atoms with Crippen molar-refractivity contribution in [2.45, 2.75) is 52.0 Å². The highest BCUT2D eigenvalue weighted by molar-refractivity contribution is 5.92. The maximum atomic E-state index is 13.6. The average molecular weight is 479 g/mol. The highest BCUT2D eigenvalue weighted by Crippen LogP contribution is 2.45. The third-order valence-corrected chi connectivity index (χ3v) is 6.82. The summed E-state index contributed by atoms with van der Waals surface area (Å²) in [6.07, 6.45) is 0.922. The normalized spacial score (nSPS) is 16.6. The first-order valence-corrected chi connectivity index (χ1v) is 12.1. The Balaban J connectivity index is 1.49. The van der Waals surface area contributed by atoms with Crippen molar-refractivity contribution in [3.63, 3.8) is 0 Å². The molecule has 2 aromatic carbocycles. The Kier molecular flexibility index (Phi) is 6.62. The summed E-state index contributed by atoms with van der Waals surface area (Å²) in [5.41, 5.74) is 2.99. The number of rotatable bonds is 8. The number of nitrogens with zero attached hydrogens (tertiary/aromatic N) is 1. The summed E-state index contributed by atoms with van der Waals surface area (Å²) >= 11 is 0. The maximum Gasteiger partial charge on any atom is 0.408 e. The number of benzene rings is 2. The molecular formula is C28H34N2O5. The van der Waals surface area contributed by atoms with Gasteiger partial charge in [0.15, 0.2) is 0 Å². The van der Waals surface area contributed by atoms with Crippen molar-refractivity contribution in [1.82, 2.24) is 10.2 Å². The summed E-state index contributed by atoms with van der Waals surface area (Å²) in [6.45, 7) is 7.53. The van der Waals surface area contributed by atoms with Gasteiger partial charge in [-0.1, -0.05) is 69.3 Å². The second kappa shape index (κ2) is 9.36. The van der Waals surface area contributed by atoms with Crippen LogP contribution in [0.25, 0.3) is 11.1 Å². The second-order valence-corrected chi connectivity index (χ2v) is 11.0. The van der Waals surface area contributed by atoms with Crippen LogP contribution in [-0.4, -0.2) is 53.2 Å². The van der Waals surface area contributed by atoms with Crippen molar-refractivity contribution in [3.05, 3.63) is 59.7 Å². The summed E-state index contributed by atoms with van der Waals surface area (Å²) < 4.78 is 5.69. The summed E-state index contributed by atoms with van der Waals surface area (Å²) in [5.74, 6) is -1.60. The van der Waals surface area contributed by atoms with E-state index in [2.05, 4.69) is 29.6 Å². The maximum absolute atomic E-state index is 13.6. The molecule has 0 aliphatic heterocycles. The van der Waals surface area contributed by atoms with Crippen molar-refractivity contribution in [2.24, 2.45) is 11.3 Å². The number of nitrogens with one attached hydrogen (secondary N) is 1. The number of hydrogen-bond acceptors (Lipinski definition) is 4. The molecule has 2 aliphatic carbocycles. The Labute approximate surface area is 206 Å². The Bertz CT molecular complexity index is 1090. The van der Waals surface area contributed by atoms with Gasteiger partial charge in [0.25, 0.3) is 0 Å². The van der Waals surface area contributed by atoms with E-state index in [-0.39, 0.29) is 36.3 Å². The molecule has 0 spiro atoms. The van der Waals surface area contributed by atoms with E-state index in [0.717, 1.165) is 35.1 Å². The summed E-state index contributed by atoms with van der Waals surface area (Å²) in [7, 11) is 0. The molecule has 0 heterocycles. The number of amides is 2. The molecule has 0 bridgehead atoms. The number of carbonyl (C=O) groups excluding carboxylic acids is 2. The van der Waals surface area contributed by atoms with Crippen LogP contribution in [0.5, 0.6) is 0 Å². The molecule has 1 unspecified atom stereocenters. The minimum Gasteiger partial charge on any atom is -0.480 e. The van der Waals surface area contributed by atoms with Crippen molar-refractivity contribution in [1.29, 1.82) is 0 Å². The topological polar surface area (TPSA) is 95.9 Å². The molecule has 2 aromatic rings. The molecule has 0 aromatic heterocycles. The van der Waals surface area contributed by atoms with E-state index < -0.39 is 24.1 Å². The smallest absolute Gasteiger partial charge is 0.408 e. The molecule has 4 rings (SSSR count). The summed E-state index contributed by atoms with van der Waals surface area (Å²) in [4.78, 5) is 39.4. The van der Waals surface area contributed by atoms with Crippen LogP contribution in [0.4, 0.5) is 4.79 Å². The minimum absolute atomic E-state index is 0.0493. The largest absolute Gasteiger partial charge is 0.480 e. The van der Waals surface area contributed by atoms with Crippen LogP contribution >= 0.6 is 0 Å². The molecule has 1 saturated carbocycles. The Morgan fingerprint density at radius 2 is 1.51 bits per heavy atom. The van der Waals surface area contributed by atoms with E-state index in [1.165, 1.54) is 4.90 Å². The number of alkyl carbamates (subject to hydrolysis) is 1. The third-order valence-electron chi connectivity index (χ3n) is 6.82. The van der Waals surface area contributed by atoms with Gasteiger partial charge in [0.05, 0.1) is 0 Å². The fraction of sp³-hybridized carbons (Fsp3) is 0.464. The number of fused-ring (bicyclic) bond motifs is 3. The van der Waals surface area contributed by atoms with Crippen LogP contribution in [0.15, 0.2) is 48.5 Å². The zero-order chi connectivity index (χ0) is 25.4. The van der Waals surface area contributed by atoms with Gasteiger partial charge >= 0.3 is 12.1 Å². The highest BCUT2D eigenvalue weighted by Gasteiger charge is 2.51. The molecular weight excluding hydrogens is 444 g/mol. The molecule has 2 N–H and O–H groups in total. The van der Waals surface area contributed by atoms with Gasteiger partial charge in [-0.3, -0.25) is 9.59 Å². The van der Waals surface area contributed by atoms with Crippen LogP contribution in [0.2, 0.25) is 0 Å². The van der Waals surface area contributed by atoms with Crippen molar-refractivity contribution < 1.29 is 24.2 Å². The lowest BCUT2D eigenvalue weighted by atomic mass is 9.91. The average Bonchev–Trinajstić information content (AvgIpc) is 3.59. The molecule has 1 fully saturated rings. The van der Waals surface area contributed by atoms with Gasteiger partial charge in [0, 0.05) is 12.5 Å². The van der Waals surface area contributed by atoms with E-state index in [1.807, 2.05) is 45.0 Å². The molecule has 35 heavy (non-hydrogen) atoms. The van der Waals surface area contributed by atoms with E-state index in [9.17, 15) is 19.5 Å². The van der Waals surface area contributed by atoms with Gasteiger partial charge in [-0.05, 0) is 53.4 Å². The van der Waals surface area contributed by atoms with Crippen LogP contribution in [0.3, 0.4) is 0 Å². The molecule has 0 saturated heterocycles. The molecule has 2 amide bonds. The lowest BCUT2D eigenvalue weighted by Crippen LogP contribution is -2.61. The summed E-state index contributed by atoms with van der Waals surface area (Å²) in [6, 6.07) is 16.2. The van der Waals surface area contributed by atoms with Gasteiger partial charge in [-0.25, -0.2) is 4.79 Å². The number of ether oxygens (including phenoxy) is 1. The van der Waals surface area contributed by atoms with Gasteiger partial charge in [-0.2, -0.15) is 0 Å². The van der Waals surface area contributed by atoms with Crippen LogP contribution in [0, 0.1) is 11.3 Å². The van der Waals surface area contributed by atoms with E-state index in [1.54, 1.807) is 6.92 Å². The minimum atomic E-state index is -1.22. The first-order chi connectivity index (χ1) is 16.5. The monoisotopic (exact) mass is 478 g/mol. The third kappa shape index (κ3) is 5.34. The molecule has 2 aliphatic rings. The Morgan fingerprint density at radius 3 is 2.00 bits per heavy atom. The zero-order valence-corrected chi connectivity index (χ0v) is 20.8. The van der Waals surface area contributed by atoms with Gasteiger partial charge in [0.2, 0.25) is 5.91 Å². The predicted molar refractivity (Wildman–Crippen MR) is 133 cm³/mol. The number of carbonyl (C=O) groups is 3. The Hall–Kier alpha value is -3.35. The number of hydrogen-bond donors (Lipinski definition) is 2. The van der Waals surface area contributed by atoms with E-state index in [4.69, 9.17) is 4.74 Å². The van der Waals surface area contributed by atoms with Gasteiger partial charge in [-0.15, -0.1) is 0 Å². The highest BCUT2D eigenvalue weighted by atomic mass is 16.5. The predicted octanol–water partition coefficient (Wildman–Crippen LogP) is 4.65. The standard InChI is InChI=1S/C28H34N2O5/c1-27(2,3)17-30(15-24(31)32)25(33)28(4,18-13-14-18)29-26(34)35-16-23-21-11-7-5-9-19(21)20-10-6-8-12-22(20)23/h5-12,18,23H,13-17H2,1-4H3,(H,29,34)(H,31,32). The van der Waals surface area contributed by atoms with Crippen molar-refractivity contribution in [3.8, 4) is 11.1 Å². The van der Waals surface area contributed by atoms with E-state index in [0.29, 0.717) is 0 Å². The van der Waals surface area contributed by atoms with Crippen LogP contribution < -0.4 is 5.32 Å². The molecule has 1 atom stereocenters. The van der Waals surface area contributed by atoms with Gasteiger partial charge in [0.1, 0.15) is 18.7 Å². The lowest BCUT2D eigenvalue weighted by molar-refractivity contribution is -0.148. The quantitative estimate of drug-likeness (QED) is 0.576. The SMILES string of the molecule is CC(C)(C)CN(CC(=O)O)C(=O)C(C)(NC(=O)OCC1c2ccccc2-c2ccccc21)C1CC1. The van der Waals surface area contributed by atoms with E-state index >= 15 is 0 Å². The molecule has 0 radical (unpaired) electrons. The second-order valence-electron chi connectivity index (χ2n) is 11.0. The number of aliphatic carboxylic acids is 1. The lowest BCUT2D eigenvalue weighted by Gasteiger charge is -2.37. The molecule has 7 heteroatoms. The number of carboxylic acid groups (broad SMARTS) is 1. The van der Waals surface area contributed by atoms with Crippen LogP contribution in [0.1, 0.15) is 57.6 Å². The molecule has 186 valence electrons. The van der Waals surface area contributed by atoms with Gasteiger partial charge < -0.3 is 20.1 Å². The van der Waals surface area contributed by atoms with Crippen LogP contribution in [-0.2, 0) is 14.3 Å². The van der Waals surface area contributed by atoms with Crippen molar-refractivity contribution in [2.75, 3.05) is 19.7 Å². The molecule has 7 nitrogen and oxygen atoms in total. The zero-order valence-electron chi connectivity index (χ0n) is 20.8. The van der Waals surface area contributed by atoms with Crippen molar-refractivity contribution >= 4 is 18.0 Å². The summed E-state index contributed by atoms with van der Waals surface area (Å²) in [5, 5.41) is 12.2. The fourth-order valence-electron chi connectivity index (χ4n) is 5.10. The fourth-order valence-corrected chi connectivity index (χ4v) is 5.10. The first-order valence-electron chi connectivity index (χ1n) is 12.1. The first kappa shape index (κ1) is 24.8. The Morgan fingerprint density at radius 1 is 0.971 bits per heavy atom.